The van der Waals surface area contributed by atoms with Crippen molar-refractivity contribution in [3.63, 3.8) is 0 Å². The number of nitrogens with zero attached hydrogens (tertiary/aromatic N) is 3. The van der Waals surface area contributed by atoms with Crippen molar-refractivity contribution in [3.05, 3.63) is 76.9 Å². The van der Waals surface area contributed by atoms with Crippen LogP contribution in [0.4, 0.5) is 0 Å². The largest absolute Gasteiger partial charge is 0.334 e. The number of hydrogen-bond acceptors (Lipinski definition) is 4. The van der Waals surface area contributed by atoms with Gasteiger partial charge in [0.2, 0.25) is 5.82 Å². The lowest BCUT2D eigenvalue weighted by atomic mass is 10.1. The quantitative estimate of drug-likeness (QED) is 0.460. The molecule has 0 aliphatic heterocycles. The van der Waals surface area contributed by atoms with Crippen molar-refractivity contribution in [1.82, 2.24) is 15.1 Å². The first-order valence-electron chi connectivity index (χ1n) is 7.52. The van der Waals surface area contributed by atoms with E-state index in [0.717, 1.165) is 22.4 Å². The summed E-state index contributed by atoms with van der Waals surface area (Å²) in [5, 5.41) is 5.31. The summed E-state index contributed by atoms with van der Waals surface area (Å²) in [5.74, 6) is 0.858. The van der Waals surface area contributed by atoms with Crippen molar-refractivity contribution in [2.75, 3.05) is 0 Å². The maximum absolute atomic E-state index is 6.10. The lowest BCUT2D eigenvalue weighted by Gasteiger charge is -2.05. The number of halogens is 2. The second-order valence-electron chi connectivity index (χ2n) is 5.34. The van der Waals surface area contributed by atoms with Crippen LogP contribution >= 0.6 is 23.2 Å². The van der Waals surface area contributed by atoms with Gasteiger partial charge in [-0.05, 0) is 36.4 Å². The number of pyridine rings is 1. The van der Waals surface area contributed by atoms with Gasteiger partial charge in [0.1, 0.15) is 0 Å². The topological polar surface area (TPSA) is 51.8 Å². The zero-order valence-electron chi connectivity index (χ0n) is 12.9. The van der Waals surface area contributed by atoms with Gasteiger partial charge in [-0.3, -0.25) is 4.98 Å². The summed E-state index contributed by atoms with van der Waals surface area (Å²) in [4.78, 5) is 8.95. The molecule has 4 nitrogen and oxygen atoms in total. The molecule has 0 aliphatic rings. The van der Waals surface area contributed by atoms with Crippen LogP contribution in [0.15, 0.2) is 71.4 Å². The number of hydrogen-bond donors (Lipinski definition) is 0. The second-order valence-corrected chi connectivity index (χ2v) is 6.22. The van der Waals surface area contributed by atoms with Crippen molar-refractivity contribution >= 4 is 23.2 Å². The molecule has 4 aromatic rings. The molecule has 2 aromatic heterocycles. The Morgan fingerprint density at radius 2 is 1.52 bits per heavy atom. The van der Waals surface area contributed by atoms with Gasteiger partial charge in [-0.25, -0.2) is 0 Å². The first-order chi connectivity index (χ1) is 12.2. The fraction of sp³-hybridized carbons (Fsp3) is 0. The van der Waals surface area contributed by atoms with Gasteiger partial charge in [0, 0.05) is 27.4 Å². The third-order valence-electron chi connectivity index (χ3n) is 3.65. The van der Waals surface area contributed by atoms with Crippen molar-refractivity contribution in [2.45, 2.75) is 0 Å². The molecule has 0 spiro atoms. The minimum absolute atomic E-state index is 0.387. The summed E-state index contributed by atoms with van der Waals surface area (Å²) in [6.07, 6.45) is 1.72. The Morgan fingerprint density at radius 1 is 0.800 bits per heavy atom. The van der Waals surface area contributed by atoms with Crippen LogP contribution in [0.25, 0.3) is 34.1 Å². The summed E-state index contributed by atoms with van der Waals surface area (Å²) in [6, 6.07) is 18.5. The predicted molar refractivity (Wildman–Crippen MR) is 98.4 cm³/mol. The highest BCUT2D eigenvalue weighted by Crippen LogP contribution is 2.31. The molecule has 0 unspecified atom stereocenters. The Morgan fingerprint density at radius 3 is 2.28 bits per heavy atom. The Hall–Kier alpha value is -2.69. The molecule has 4 rings (SSSR count). The minimum Gasteiger partial charge on any atom is -0.334 e. The third-order valence-corrected chi connectivity index (χ3v) is 4.12. The monoisotopic (exact) mass is 367 g/mol. The van der Waals surface area contributed by atoms with Crippen LogP contribution in [0.5, 0.6) is 0 Å². The molecule has 0 radical (unpaired) electrons. The molecule has 0 N–H and O–H groups in total. The van der Waals surface area contributed by atoms with E-state index in [1.165, 1.54) is 0 Å². The molecule has 0 fully saturated rings. The van der Waals surface area contributed by atoms with Crippen LogP contribution in [0.2, 0.25) is 10.0 Å². The van der Waals surface area contributed by atoms with Crippen molar-refractivity contribution in [2.24, 2.45) is 0 Å². The van der Waals surface area contributed by atoms with Crippen LogP contribution in [0.1, 0.15) is 0 Å². The van der Waals surface area contributed by atoms with E-state index in [1.807, 2.05) is 48.5 Å². The molecule has 0 amide bonds. The van der Waals surface area contributed by atoms with Crippen LogP contribution in [-0.2, 0) is 0 Å². The fourth-order valence-electron chi connectivity index (χ4n) is 2.52. The molecule has 0 saturated carbocycles. The smallest absolute Gasteiger partial charge is 0.260 e. The van der Waals surface area contributed by atoms with E-state index in [0.29, 0.717) is 21.8 Å². The van der Waals surface area contributed by atoms with Crippen LogP contribution in [0.3, 0.4) is 0 Å². The fourth-order valence-corrected chi connectivity index (χ4v) is 2.90. The molecule has 0 saturated heterocycles. The molecule has 6 heteroatoms. The van der Waals surface area contributed by atoms with Gasteiger partial charge >= 0.3 is 0 Å². The predicted octanol–water partition coefficient (Wildman–Crippen LogP) is 5.77. The van der Waals surface area contributed by atoms with E-state index in [4.69, 9.17) is 27.7 Å². The zero-order valence-corrected chi connectivity index (χ0v) is 14.4. The van der Waals surface area contributed by atoms with Crippen LogP contribution < -0.4 is 0 Å². The lowest BCUT2D eigenvalue weighted by Crippen LogP contribution is -1.89. The Labute approximate surface area is 154 Å². The number of benzene rings is 2. The van der Waals surface area contributed by atoms with Gasteiger partial charge in [-0.1, -0.05) is 52.6 Å². The van der Waals surface area contributed by atoms with Gasteiger partial charge in [0.15, 0.2) is 0 Å². The summed E-state index contributed by atoms with van der Waals surface area (Å²) in [6.45, 7) is 0. The molecule has 0 bridgehead atoms. The van der Waals surface area contributed by atoms with E-state index in [-0.39, 0.29) is 0 Å². The number of aromatic nitrogens is 3. The summed E-state index contributed by atoms with van der Waals surface area (Å²) < 4.78 is 5.46. The van der Waals surface area contributed by atoms with Crippen LogP contribution in [-0.4, -0.2) is 15.1 Å². The zero-order chi connectivity index (χ0) is 17.2. The van der Waals surface area contributed by atoms with E-state index in [1.54, 1.807) is 18.3 Å². The Kier molecular flexibility index (Phi) is 4.22. The summed E-state index contributed by atoms with van der Waals surface area (Å²) in [7, 11) is 0. The molecule has 2 heterocycles. The highest BCUT2D eigenvalue weighted by Gasteiger charge is 2.16. The SMILES string of the molecule is Clc1cccc(-c2noc(-c3cccnc3-c3cccc(Cl)c3)n2)c1. The maximum Gasteiger partial charge on any atom is 0.260 e. The first kappa shape index (κ1) is 15.8. The van der Waals surface area contributed by atoms with E-state index >= 15 is 0 Å². The van der Waals surface area contributed by atoms with Crippen molar-refractivity contribution in [1.29, 1.82) is 0 Å². The van der Waals surface area contributed by atoms with E-state index < -0.39 is 0 Å². The molecule has 0 aliphatic carbocycles. The van der Waals surface area contributed by atoms with Gasteiger partial charge < -0.3 is 4.52 Å². The van der Waals surface area contributed by atoms with Crippen molar-refractivity contribution < 1.29 is 4.52 Å². The minimum atomic E-state index is 0.387. The Balaban J connectivity index is 1.79. The second kappa shape index (κ2) is 6.67. The van der Waals surface area contributed by atoms with E-state index in [9.17, 15) is 0 Å². The normalized spacial score (nSPS) is 10.8. The standard InChI is InChI=1S/C19H11Cl2N3O/c20-14-6-1-4-12(10-14)17-16(8-3-9-22-17)19-23-18(24-25-19)13-5-2-7-15(21)11-13/h1-11H. The first-order valence-corrected chi connectivity index (χ1v) is 8.27. The molecule has 0 atom stereocenters. The molecule has 25 heavy (non-hydrogen) atoms. The Bertz CT molecular complexity index is 1050. The highest BCUT2D eigenvalue weighted by atomic mass is 35.5. The molecular formula is C19H11Cl2N3O. The van der Waals surface area contributed by atoms with E-state index in [2.05, 4.69) is 15.1 Å². The maximum atomic E-state index is 6.10. The molecule has 2 aromatic carbocycles. The molecule has 122 valence electrons. The van der Waals surface area contributed by atoms with Gasteiger partial charge in [0.05, 0.1) is 11.3 Å². The van der Waals surface area contributed by atoms with Gasteiger partial charge in [-0.2, -0.15) is 4.98 Å². The van der Waals surface area contributed by atoms with Crippen molar-refractivity contribution in [3.8, 4) is 34.1 Å². The van der Waals surface area contributed by atoms with Gasteiger partial charge in [-0.15, -0.1) is 0 Å². The third kappa shape index (κ3) is 3.27. The van der Waals surface area contributed by atoms with Crippen LogP contribution in [0, 0.1) is 0 Å². The lowest BCUT2D eigenvalue weighted by molar-refractivity contribution is 0.432. The summed E-state index contributed by atoms with van der Waals surface area (Å²) in [5.41, 5.74) is 3.14. The summed E-state index contributed by atoms with van der Waals surface area (Å²) >= 11 is 12.1. The average molecular weight is 368 g/mol. The highest BCUT2D eigenvalue weighted by molar-refractivity contribution is 6.31. The average Bonchev–Trinajstić information content (AvgIpc) is 3.12. The van der Waals surface area contributed by atoms with Gasteiger partial charge in [0.25, 0.3) is 5.89 Å². The number of rotatable bonds is 3. The molecular weight excluding hydrogens is 357 g/mol.